The molecule has 0 saturated carbocycles. The number of benzene rings is 1. The van der Waals surface area contributed by atoms with E-state index in [4.69, 9.17) is 14.7 Å². The van der Waals surface area contributed by atoms with Gasteiger partial charge in [-0.05, 0) is 38.4 Å². The molecule has 2 N–H and O–H groups in total. The Balaban J connectivity index is 0.00000280. The lowest BCUT2D eigenvalue weighted by atomic mass is 10.3. The summed E-state index contributed by atoms with van der Waals surface area (Å²) in [6, 6.07) is 8.34. The molecule has 2 heterocycles. The van der Waals surface area contributed by atoms with Crippen molar-refractivity contribution < 1.29 is 4.74 Å². The summed E-state index contributed by atoms with van der Waals surface area (Å²) in [6.07, 6.45) is 3.12. The van der Waals surface area contributed by atoms with Crippen LogP contribution in [-0.2, 0) is 11.2 Å². The van der Waals surface area contributed by atoms with Crippen molar-refractivity contribution in [3.8, 4) is 0 Å². The molecule has 8 heteroatoms. The van der Waals surface area contributed by atoms with E-state index in [1.807, 2.05) is 6.07 Å². The van der Waals surface area contributed by atoms with Crippen molar-refractivity contribution >= 4 is 51.5 Å². The molecule has 1 aromatic heterocycles. The Morgan fingerprint density at radius 2 is 2.04 bits per heavy atom. The topological polar surface area (TPSA) is 61.8 Å². The van der Waals surface area contributed by atoms with Gasteiger partial charge in [-0.1, -0.05) is 12.1 Å². The molecule has 1 saturated heterocycles. The Bertz CT molecular complexity index is 684. The Labute approximate surface area is 189 Å². The molecule has 0 unspecified atom stereocenters. The molecule has 156 valence electrons. The smallest absolute Gasteiger partial charge is 0.191 e. The SMILES string of the molecule is CCNC(=NCCCc1nc2ccccc2s1)NCCCN1CCOCC1.I. The Hall–Kier alpha value is -0.970. The van der Waals surface area contributed by atoms with Crippen molar-refractivity contribution in [3.63, 3.8) is 0 Å². The quantitative estimate of drug-likeness (QED) is 0.232. The van der Waals surface area contributed by atoms with Gasteiger partial charge >= 0.3 is 0 Å². The third kappa shape index (κ3) is 7.81. The van der Waals surface area contributed by atoms with Crippen LogP contribution in [0.1, 0.15) is 24.8 Å². The van der Waals surface area contributed by atoms with E-state index < -0.39 is 0 Å². The average molecular weight is 517 g/mol. The van der Waals surface area contributed by atoms with Crippen LogP contribution in [0, 0.1) is 0 Å². The number of fused-ring (bicyclic) bond motifs is 1. The molecular formula is C20H32IN5OS. The normalized spacial score (nSPS) is 15.4. The molecule has 2 aromatic rings. The van der Waals surface area contributed by atoms with E-state index in [2.05, 4.69) is 40.7 Å². The molecule has 28 heavy (non-hydrogen) atoms. The van der Waals surface area contributed by atoms with E-state index in [1.54, 1.807) is 11.3 Å². The highest BCUT2D eigenvalue weighted by Crippen LogP contribution is 2.22. The minimum Gasteiger partial charge on any atom is -0.379 e. The number of para-hydroxylation sites is 1. The zero-order chi connectivity index (χ0) is 18.7. The van der Waals surface area contributed by atoms with E-state index in [0.29, 0.717) is 0 Å². The first-order chi connectivity index (χ1) is 13.3. The molecule has 0 amide bonds. The fourth-order valence-corrected chi connectivity index (χ4v) is 4.13. The summed E-state index contributed by atoms with van der Waals surface area (Å²) < 4.78 is 6.66. The molecule has 0 bridgehead atoms. The van der Waals surface area contributed by atoms with Crippen LogP contribution in [0.2, 0.25) is 0 Å². The molecule has 0 atom stereocenters. The maximum Gasteiger partial charge on any atom is 0.191 e. The number of ether oxygens (including phenoxy) is 1. The third-order valence-electron chi connectivity index (χ3n) is 4.55. The van der Waals surface area contributed by atoms with Crippen molar-refractivity contribution in [2.45, 2.75) is 26.2 Å². The molecule has 0 aliphatic carbocycles. The van der Waals surface area contributed by atoms with Gasteiger partial charge in [0.2, 0.25) is 0 Å². The van der Waals surface area contributed by atoms with Gasteiger partial charge in [0.05, 0.1) is 28.4 Å². The monoisotopic (exact) mass is 517 g/mol. The molecule has 6 nitrogen and oxygen atoms in total. The van der Waals surface area contributed by atoms with Crippen LogP contribution in [0.4, 0.5) is 0 Å². The van der Waals surface area contributed by atoms with Gasteiger partial charge in [0, 0.05) is 39.1 Å². The number of rotatable bonds is 9. The summed E-state index contributed by atoms with van der Waals surface area (Å²) in [5.74, 6) is 0.920. The number of nitrogens with zero attached hydrogens (tertiary/aromatic N) is 3. The van der Waals surface area contributed by atoms with Gasteiger partial charge in [-0.3, -0.25) is 9.89 Å². The lowest BCUT2D eigenvalue weighted by Gasteiger charge is -2.26. The van der Waals surface area contributed by atoms with Gasteiger partial charge in [-0.2, -0.15) is 0 Å². The number of thiazole rings is 1. The molecule has 1 aromatic carbocycles. The third-order valence-corrected chi connectivity index (χ3v) is 5.64. The minimum atomic E-state index is 0. The summed E-state index contributed by atoms with van der Waals surface area (Å²) >= 11 is 1.79. The van der Waals surface area contributed by atoms with E-state index >= 15 is 0 Å². The maximum atomic E-state index is 5.39. The van der Waals surface area contributed by atoms with Crippen LogP contribution in [0.25, 0.3) is 10.2 Å². The minimum absolute atomic E-state index is 0. The molecule has 0 radical (unpaired) electrons. The fourth-order valence-electron chi connectivity index (χ4n) is 3.12. The molecule has 1 aliphatic heterocycles. The van der Waals surface area contributed by atoms with Gasteiger partial charge in [0.15, 0.2) is 5.96 Å². The number of aryl methyl sites for hydroxylation is 1. The van der Waals surface area contributed by atoms with Gasteiger partial charge in [-0.25, -0.2) is 4.98 Å². The van der Waals surface area contributed by atoms with Crippen LogP contribution in [0.3, 0.4) is 0 Å². The van der Waals surface area contributed by atoms with E-state index in [-0.39, 0.29) is 24.0 Å². The second kappa shape index (κ2) is 13.3. The van der Waals surface area contributed by atoms with Crippen LogP contribution in [0.15, 0.2) is 29.3 Å². The number of aliphatic imine (C=N–C) groups is 1. The number of aromatic nitrogens is 1. The van der Waals surface area contributed by atoms with Gasteiger partial charge in [0.25, 0.3) is 0 Å². The predicted molar refractivity (Wildman–Crippen MR) is 129 cm³/mol. The number of hydrogen-bond acceptors (Lipinski definition) is 5. The fraction of sp³-hybridized carbons (Fsp3) is 0.600. The zero-order valence-electron chi connectivity index (χ0n) is 16.7. The summed E-state index contributed by atoms with van der Waals surface area (Å²) in [5, 5.41) is 7.99. The van der Waals surface area contributed by atoms with Crippen molar-refractivity contribution in [2.24, 2.45) is 4.99 Å². The molecule has 0 spiro atoms. The van der Waals surface area contributed by atoms with Crippen molar-refractivity contribution in [1.29, 1.82) is 0 Å². The number of nitrogens with one attached hydrogen (secondary N) is 2. The lowest BCUT2D eigenvalue weighted by molar-refractivity contribution is 0.0376. The molecular weight excluding hydrogens is 485 g/mol. The van der Waals surface area contributed by atoms with Crippen molar-refractivity contribution in [3.05, 3.63) is 29.3 Å². The first kappa shape index (κ1) is 23.3. The molecule has 1 aliphatic rings. The van der Waals surface area contributed by atoms with E-state index in [1.165, 1.54) is 9.71 Å². The predicted octanol–water partition coefficient (Wildman–Crippen LogP) is 3.12. The van der Waals surface area contributed by atoms with Gasteiger partial charge in [-0.15, -0.1) is 35.3 Å². The zero-order valence-corrected chi connectivity index (χ0v) is 19.8. The van der Waals surface area contributed by atoms with Crippen LogP contribution in [-0.4, -0.2) is 68.3 Å². The highest BCUT2D eigenvalue weighted by Gasteiger charge is 2.09. The highest BCUT2D eigenvalue weighted by atomic mass is 127. The number of hydrogen-bond donors (Lipinski definition) is 2. The first-order valence-electron chi connectivity index (χ1n) is 10.0. The average Bonchev–Trinajstić information content (AvgIpc) is 3.12. The summed E-state index contributed by atoms with van der Waals surface area (Å²) in [4.78, 5) is 11.9. The summed E-state index contributed by atoms with van der Waals surface area (Å²) in [6.45, 7) is 9.71. The van der Waals surface area contributed by atoms with E-state index in [9.17, 15) is 0 Å². The molecule has 3 rings (SSSR count). The highest BCUT2D eigenvalue weighted by molar-refractivity contribution is 14.0. The van der Waals surface area contributed by atoms with Crippen LogP contribution < -0.4 is 10.6 Å². The summed E-state index contributed by atoms with van der Waals surface area (Å²) in [5.41, 5.74) is 1.11. The molecule has 1 fully saturated rings. The van der Waals surface area contributed by atoms with Gasteiger partial charge < -0.3 is 15.4 Å². The van der Waals surface area contributed by atoms with Crippen molar-refractivity contribution in [2.75, 3.05) is 52.5 Å². The van der Waals surface area contributed by atoms with Crippen molar-refractivity contribution in [1.82, 2.24) is 20.5 Å². The lowest BCUT2D eigenvalue weighted by Crippen LogP contribution is -2.40. The maximum absolute atomic E-state index is 5.39. The Kier molecular flexibility index (Phi) is 11.1. The standard InChI is InChI=1S/C20H31N5OS.HI/c1-2-21-20(23-11-6-12-25-13-15-26-16-14-25)22-10-5-9-19-24-17-7-3-4-8-18(17)27-19;/h3-4,7-8H,2,5-6,9-16H2,1H3,(H2,21,22,23);1H. The summed E-state index contributed by atoms with van der Waals surface area (Å²) in [7, 11) is 0. The van der Waals surface area contributed by atoms with Crippen LogP contribution >= 0.6 is 35.3 Å². The van der Waals surface area contributed by atoms with E-state index in [0.717, 1.165) is 83.2 Å². The Morgan fingerprint density at radius 3 is 2.82 bits per heavy atom. The second-order valence-corrected chi connectivity index (χ2v) is 7.79. The first-order valence-corrected chi connectivity index (χ1v) is 10.8. The second-order valence-electron chi connectivity index (χ2n) is 6.67. The van der Waals surface area contributed by atoms with Gasteiger partial charge in [0.1, 0.15) is 0 Å². The number of halogens is 1. The Morgan fingerprint density at radius 1 is 1.21 bits per heavy atom. The number of guanidine groups is 1. The largest absolute Gasteiger partial charge is 0.379 e. The number of morpholine rings is 1. The van der Waals surface area contributed by atoms with Crippen LogP contribution in [0.5, 0.6) is 0 Å².